The molecule has 1 aromatic rings. The first-order chi connectivity index (χ1) is 13.1. The Balaban J connectivity index is 1.37. The van der Waals surface area contributed by atoms with Crippen molar-refractivity contribution >= 4 is 27.5 Å². The second-order valence-electron chi connectivity index (χ2n) is 10.1. The van der Waals surface area contributed by atoms with Crippen LogP contribution in [0.4, 0.5) is 0 Å². The summed E-state index contributed by atoms with van der Waals surface area (Å²) in [7, 11) is -3.28. The third kappa shape index (κ3) is 3.08. The number of nitrogens with one attached hydrogen (secondary N) is 1. The van der Waals surface area contributed by atoms with Crippen molar-refractivity contribution in [2.75, 3.05) is 12.3 Å². The number of benzene rings is 1. The number of amidine groups is 1. The number of hydrogen-bond donors (Lipinski definition) is 1. The van der Waals surface area contributed by atoms with E-state index >= 15 is 0 Å². The Hall–Kier alpha value is -1.11. The molecule has 0 aromatic heterocycles. The summed E-state index contributed by atoms with van der Waals surface area (Å²) in [5.41, 5.74) is 0.852. The minimum atomic E-state index is -3.28. The first-order valence-electron chi connectivity index (χ1n) is 10.2. The minimum absolute atomic E-state index is 0.0129. The van der Waals surface area contributed by atoms with Gasteiger partial charge in [0, 0.05) is 22.5 Å². The molecule has 5 nitrogen and oxygen atoms in total. The summed E-state index contributed by atoms with van der Waals surface area (Å²) >= 11 is 6.01. The molecule has 5 aliphatic rings. The van der Waals surface area contributed by atoms with Gasteiger partial charge >= 0.3 is 0 Å². The molecule has 4 fully saturated rings. The summed E-state index contributed by atoms with van der Waals surface area (Å²) in [5.74, 6) is 1.74. The van der Waals surface area contributed by atoms with Crippen LogP contribution in [0.3, 0.4) is 0 Å². The summed E-state index contributed by atoms with van der Waals surface area (Å²) in [6.45, 7) is 5.56. The predicted octanol–water partition coefficient (Wildman–Crippen LogP) is 3.58. The molecule has 1 aliphatic heterocycles. The number of rotatable bonds is 7. The molecule has 0 saturated heterocycles. The van der Waals surface area contributed by atoms with E-state index in [0.717, 1.165) is 50.0 Å². The largest absolute Gasteiger partial charge is 0.367 e. The zero-order chi connectivity index (χ0) is 19.8. The van der Waals surface area contributed by atoms with Crippen LogP contribution in [0, 0.1) is 11.3 Å². The second-order valence-corrected chi connectivity index (χ2v) is 12.4. The van der Waals surface area contributed by atoms with Gasteiger partial charge in [0.1, 0.15) is 5.84 Å². The van der Waals surface area contributed by atoms with Gasteiger partial charge in [0.2, 0.25) is 10.0 Å². The van der Waals surface area contributed by atoms with E-state index in [1.54, 1.807) is 0 Å². The molecule has 28 heavy (non-hydrogen) atoms. The van der Waals surface area contributed by atoms with Crippen LogP contribution in [0.2, 0.25) is 5.02 Å². The van der Waals surface area contributed by atoms with Crippen LogP contribution in [-0.4, -0.2) is 41.9 Å². The SMILES string of the molecule is CC1(C)CN=C(C23CC(N(Cc4ccc(Cl)cc4)S(=O)(=O)CC4CC4)(C2)C3)N1. The van der Waals surface area contributed by atoms with Crippen LogP contribution in [0.25, 0.3) is 0 Å². The van der Waals surface area contributed by atoms with Gasteiger partial charge < -0.3 is 5.32 Å². The smallest absolute Gasteiger partial charge is 0.215 e. The normalized spacial score (nSPS) is 33.1. The highest BCUT2D eigenvalue weighted by Crippen LogP contribution is 2.71. The lowest BCUT2D eigenvalue weighted by atomic mass is 9.38. The van der Waals surface area contributed by atoms with Gasteiger partial charge in [-0.1, -0.05) is 23.7 Å². The van der Waals surface area contributed by atoms with Crippen LogP contribution in [-0.2, 0) is 16.6 Å². The van der Waals surface area contributed by atoms with E-state index in [9.17, 15) is 8.42 Å². The lowest BCUT2D eigenvalue weighted by Gasteiger charge is -2.73. The molecule has 1 N–H and O–H groups in total. The second kappa shape index (κ2) is 5.96. The Morgan fingerprint density at radius 2 is 1.82 bits per heavy atom. The van der Waals surface area contributed by atoms with Crippen LogP contribution in [0.15, 0.2) is 29.3 Å². The van der Waals surface area contributed by atoms with E-state index in [1.807, 2.05) is 28.6 Å². The molecule has 1 aromatic carbocycles. The Morgan fingerprint density at radius 3 is 2.36 bits per heavy atom. The summed E-state index contributed by atoms with van der Waals surface area (Å²) in [6.07, 6.45) is 4.75. The molecule has 4 saturated carbocycles. The maximum atomic E-state index is 13.3. The standard InChI is InChI=1S/C21H28ClN3O2S/c1-19(2)14-23-18(24-19)20-11-21(12-20,13-20)25(28(26,27)10-16-3-4-16)9-15-5-7-17(22)8-6-15/h5-8,16H,3-4,9-14H2,1-2H3,(H,23,24). The maximum absolute atomic E-state index is 13.3. The van der Waals surface area contributed by atoms with Gasteiger partial charge in [0.25, 0.3) is 0 Å². The topological polar surface area (TPSA) is 61.8 Å². The highest BCUT2D eigenvalue weighted by atomic mass is 35.5. The quantitative estimate of drug-likeness (QED) is 0.731. The predicted molar refractivity (Wildman–Crippen MR) is 112 cm³/mol. The van der Waals surface area contributed by atoms with Crippen LogP contribution < -0.4 is 5.32 Å². The number of nitrogens with zero attached hydrogens (tertiary/aromatic N) is 2. The van der Waals surface area contributed by atoms with E-state index in [0.29, 0.717) is 23.2 Å². The van der Waals surface area contributed by atoms with Crippen LogP contribution in [0.5, 0.6) is 0 Å². The van der Waals surface area contributed by atoms with Crippen molar-refractivity contribution in [2.45, 2.75) is 63.6 Å². The maximum Gasteiger partial charge on any atom is 0.215 e. The van der Waals surface area contributed by atoms with Gasteiger partial charge in [-0.15, -0.1) is 0 Å². The Labute approximate surface area is 172 Å². The zero-order valence-corrected chi connectivity index (χ0v) is 18.1. The lowest BCUT2D eigenvalue weighted by Crippen LogP contribution is -2.78. The first kappa shape index (κ1) is 18.9. The van der Waals surface area contributed by atoms with Gasteiger partial charge in [-0.25, -0.2) is 8.42 Å². The molecule has 0 atom stereocenters. The highest BCUT2D eigenvalue weighted by Gasteiger charge is 2.74. The molecule has 7 heteroatoms. The summed E-state index contributed by atoms with van der Waals surface area (Å²) in [4.78, 5) is 4.75. The molecule has 152 valence electrons. The molecular formula is C21H28ClN3O2S. The van der Waals surface area contributed by atoms with E-state index in [2.05, 4.69) is 19.2 Å². The van der Waals surface area contributed by atoms with Crippen molar-refractivity contribution in [1.29, 1.82) is 0 Å². The van der Waals surface area contributed by atoms with Gasteiger partial charge in [-0.05, 0) is 69.6 Å². The minimum Gasteiger partial charge on any atom is -0.367 e. The summed E-state index contributed by atoms with van der Waals surface area (Å²) in [5, 5.41) is 4.25. The lowest BCUT2D eigenvalue weighted by molar-refractivity contribution is -0.151. The molecule has 0 spiro atoms. The number of sulfonamides is 1. The van der Waals surface area contributed by atoms with E-state index in [1.165, 1.54) is 0 Å². The molecule has 1 heterocycles. The fourth-order valence-electron chi connectivity index (χ4n) is 5.22. The Morgan fingerprint density at radius 1 is 1.18 bits per heavy atom. The van der Waals surface area contributed by atoms with Crippen molar-refractivity contribution in [3.63, 3.8) is 0 Å². The molecular weight excluding hydrogens is 394 g/mol. The average molecular weight is 422 g/mol. The zero-order valence-electron chi connectivity index (χ0n) is 16.5. The molecule has 0 radical (unpaired) electrons. The number of hydrogen-bond acceptors (Lipinski definition) is 4. The Kier molecular flexibility index (Phi) is 4.02. The van der Waals surface area contributed by atoms with Crippen molar-refractivity contribution in [2.24, 2.45) is 16.3 Å². The molecule has 0 unspecified atom stereocenters. The molecule has 6 rings (SSSR count). The van der Waals surface area contributed by atoms with Crippen molar-refractivity contribution in [3.05, 3.63) is 34.9 Å². The highest BCUT2D eigenvalue weighted by molar-refractivity contribution is 7.89. The van der Waals surface area contributed by atoms with E-state index in [-0.39, 0.29) is 16.5 Å². The van der Waals surface area contributed by atoms with Gasteiger partial charge in [0.15, 0.2) is 0 Å². The molecule has 0 amide bonds. The average Bonchev–Trinajstić information content (AvgIpc) is 3.26. The van der Waals surface area contributed by atoms with Crippen LogP contribution >= 0.6 is 11.6 Å². The monoisotopic (exact) mass is 421 g/mol. The summed E-state index contributed by atoms with van der Waals surface area (Å²) in [6, 6.07) is 7.55. The van der Waals surface area contributed by atoms with Gasteiger partial charge in [0.05, 0.1) is 17.8 Å². The van der Waals surface area contributed by atoms with E-state index < -0.39 is 10.0 Å². The third-order valence-corrected chi connectivity index (χ3v) is 9.17. The first-order valence-corrected chi connectivity index (χ1v) is 12.2. The summed E-state index contributed by atoms with van der Waals surface area (Å²) < 4.78 is 28.4. The molecule has 2 bridgehead atoms. The van der Waals surface area contributed by atoms with Crippen LogP contribution in [0.1, 0.15) is 51.5 Å². The van der Waals surface area contributed by atoms with Crippen molar-refractivity contribution < 1.29 is 8.42 Å². The Bertz CT molecular complexity index is 915. The van der Waals surface area contributed by atoms with Gasteiger partial charge in [-0.2, -0.15) is 4.31 Å². The third-order valence-electron chi connectivity index (χ3n) is 6.84. The van der Waals surface area contributed by atoms with Crippen molar-refractivity contribution in [3.8, 4) is 0 Å². The fourth-order valence-corrected chi connectivity index (χ4v) is 7.58. The van der Waals surface area contributed by atoms with Gasteiger partial charge in [-0.3, -0.25) is 4.99 Å². The van der Waals surface area contributed by atoms with Crippen molar-refractivity contribution in [1.82, 2.24) is 9.62 Å². The number of aliphatic imine (C=N–C) groups is 1. The fraction of sp³-hybridized carbons (Fsp3) is 0.667. The molecule has 4 aliphatic carbocycles. The number of halogens is 1. The van der Waals surface area contributed by atoms with E-state index in [4.69, 9.17) is 16.6 Å².